The monoisotopic (exact) mass is 316 g/mol. The average Bonchev–Trinajstić information content (AvgIpc) is 2.94. The summed E-state index contributed by atoms with van der Waals surface area (Å²) in [5, 5.41) is 19.5. The largest absolute Gasteiger partial charge is 0.390 e. The Morgan fingerprint density at radius 2 is 1.59 bits per heavy atom. The molecule has 132 valence electrons. The van der Waals surface area contributed by atoms with E-state index in [1.54, 1.807) is 0 Å². The first-order valence-corrected chi connectivity index (χ1v) is 9.31. The summed E-state index contributed by atoms with van der Waals surface area (Å²) < 4.78 is 10.8. The number of aliphatic hydroxyl groups is 2. The number of unbranched alkanes of at least 4 members (excludes halogenated alkanes) is 9. The second-order valence-corrected chi connectivity index (χ2v) is 6.52. The van der Waals surface area contributed by atoms with Crippen LogP contribution in [0.15, 0.2) is 0 Å². The summed E-state index contributed by atoms with van der Waals surface area (Å²) in [4.78, 5) is 0. The van der Waals surface area contributed by atoms with Crippen LogP contribution in [-0.2, 0) is 9.47 Å². The smallest absolute Gasteiger partial charge is 0.112 e. The van der Waals surface area contributed by atoms with Gasteiger partial charge in [-0.3, -0.25) is 0 Å². The normalized spacial score (nSPS) is 23.0. The minimum absolute atomic E-state index is 0.263. The first kappa shape index (κ1) is 19.9. The highest BCUT2D eigenvalue weighted by atomic mass is 16.5. The molecule has 0 saturated carbocycles. The van der Waals surface area contributed by atoms with E-state index in [2.05, 4.69) is 6.92 Å². The molecule has 0 aromatic carbocycles. The van der Waals surface area contributed by atoms with Crippen LogP contribution in [0.2, 0.25) is 0 Å². The molecular weight excluding hydrogens is 280 g/mol. The van der Waals surface area contributed by atoms with Crippen LogP contribution in [0.4, 0.5) is 0 Å². The second-order valence-electron chi connectivity index (χ2n) is 6.52. The Labute approximate surface area is 136 Å². The summed E-state index contributed by atoms with van der Waals surface area (Å²) in [7, 11) is 0. The fraction of sp³-hybridized carbons (Fsp3) is 1.00. The molecule has 0 spiro atoms. The Balaban J connectivity index is 1.80. The molecular formula is C18H36O4. The lowest BCUT2D eigenvalue weighted by Gasteiger charge is -2.20. The van der Waals surface area contributed by atoms with Crippen LogP contribution in [0, 0.1) is 0 Å². The lowest BCUT2D eigenvalue weighted by atomic mass is 10.1. The summed E-state index contributed by atoms with van der Waals surface area (Å²) in [5.74, 6) is 0. The Hall–Kier alpha value is -0.160. The van der Waals surface area contributed by atoms with E-state index < -0.39 is 18.3 Å². The van der Waals surface area contributed by atoms with Crippen molar-refractivity contribution in [2.75, 3.05) is 19.8 Å². The van der Waals surface area contributed by atoms with Gasteiger partial charge in [0.05, 0.1) is 12.7 Å². The summed E-state index contributed by atoms with van der Waals surface area (Å²) in [6.07, 6.45) is 12.0. The summed E-state index contributed by atoms with van der Waals surface area (Å²) >= 11 is 0. The zero-order chi connectivity index (χ0) is 16.0. The lowest BCUT2D eigenvalue weighted by molar-refractivity contribution is -0.0781. The molecule has 1 rings (SSSR count). The number of hydrogen-bond donors (Lipinski definition) is 2. The fourth-order valence-corrected chi connectivity index (χ4v) is 2.96. The van der Waals surface area contributed by atoms with Crippen molar-refractivity contribution in [2.45, 2.75) is 95.9 Å². The SMILES string of the molecule is CCCCCCCCCCCCOCC(O)[C@H]1OCC[C@H]1O. The third-order valence-electron chi connectivity index (χ3n) is 4.41. The van der Waals surface area contributed by atoms with Gasteiger partial charge in [-0.25, -0.2) is 0 Å². The number of rotatable bonds is 14. The highest BCUT2D eigenvalue weighted by Crippen LogP contribution is 2.17. The summed E-state index contributed by atoms with van der Waals surface area (Å²) in [6, 6.07) is 0. The van der Waals surface area contributed by atoms with Gasteiger partial charge in [-0.2, -0.15) is 0 Å². The lowest BCUT2D eigenvalue weighted by Crippen LogP contribution is -2.37. The van der Waals surface area contributed by atoms with Crippen LogP contribution in [0.1, 0.15) is 77.6 Å². The van der Waals surface area contributed by atoms with Crippen LogP contribution >= 0.6 is 0 Å². The molecule has 1 aliphatic rings. The number of aliphatic hydroxyl groups excluding tert-OH is 2. The average molecular weight is 316 g/mol. The maximum absolute atomic E-state index is 9.87. The van der Waals surface area contributed by atoms with Gasteiger partial charge in [0.1, 0.15) is 12.2 Å². The van der Waals surface area contributed by atoms with Crippen molar-refractivity contribution in [3.8, 4) is 0 Å². The molecule has 1 fully saturated rings. The fourth-order valence-electron chi connectivity index (χ4n) is 2.96. The minimum Gasteiger partial charge on any atom is -0.390 e. The predicted molar refractivity (Wildman–Crippen MR) is 89.0 cm³/mol. The molecule has 0 aliphatic carbocycles. The van der Waals surface area contributed by atoms with Gasteiger partial charge in [-0.1, -0.05) is 64.7 Å². The van der Waals surface area contributed by atoms with E-state index in [0.29, 0.717) is 19.6 Å². The Morgan fingerprint density at radius 3 is 2.14 bits per heavy atom. The zero-order valence-electron chi connectivity index (χ0n) is 14.3. The quantitative estimate of drug-likeness (QED) is 0.482. The molecule has 1 saturated heterocycles. The van der Waals surface area contributed by atoms with Gasteiger partial charge in [0.2, 0.25) is 0 Å². The zero-order valence-corrected chi connectivity index (χ0v) is 14.3. The van der Waals surface area contributed by atoms with E-state index in [4.69, 9.17) is 9.47 Å². The van der Waals surface area contributed by atoms with Crippen LogP contribution in [0.5, 0.6) is 0 Å². The molecule has 4 nitrogen and oxygen atoms in total. The number of hydrogen-bond acceptors (Lipinski definition) is 4. The number of ether oxygens (including phenoxy) is 2. The van der Waals surface area contributed by atoms with Gasteiger partial charge in [0.15, 0.2) is 0 Å². The van der Waals surface area contributed by atoms with Gasteiger partial charge in [-0.05, 0) is 12.8 Å². The molecule has 2 N–H and O–H groups in total. The van der Waals surface area contributed by atoms with Crippen molar-refractivity contribution in [2.24, 2.45) is 0 Å². The van der Waals surface area contributed by atoms with E-state index >= 15 is 0 Å². The third kappa shape index (κ3) is 9.09. The highest BCUT2D eigenvalue weighted by molar-refractivity contribution is 4.81. The van der Waals surface area contributed by atoms with Crippen molar-refractivity contribution in [3.63, 3.8) is 0 Å². The van der Waals surface area contributed by atoms with Crippen molar-refractivity contribution < 1.29 is 19.7 Å². The first-order valence-electron chi connectivity index (χ1n) is 9.31. The maximum atomic E-state index is 9.87. The molecule has 3 atom stereocenters. The summed E-state index contributed by atoms with van der Waals surface area (Å²) in [5.41, 5.74) is 0. The molecule has 4 heteroatoms. The van der Waals surface area contributed by atoms with Gasteiger partial charge in [0, 0.05) is 13.2 Å². The first-order chi connectivity index (χ1) is 10.8. The Kier molecular flexibility index (Phi) is 12.0. The van der Waals surface area contributed by atoms with Crippen molar-refractivity contribution in [1.29, 1.82) is 0 Å². The molecule has 0 amide bonds. The third-order valence-corrected chi connectivity index (χ3v) is 4.41. The van der Waals surface area contributed by atoms with Gasteiger partial charge in [-0.15, -0.1) is 0 Å². The van der Waals surface area contributed by atoms with Gasteiger partial charge >= 0.3 is 0 Å². The van der Waals surface area contributed by atoms with E-state index in [9.17, 15) is 10.2 Å². The van der Waals surface area contributed by atoms with E-state index in [1.165, 1.54) is 57.8 Å². The van der Waals surface area contributed by atoms with Crippen molar-refractivity contribution in [1.82, 2.24) is 0 Å². The standard InChI is InChI=1S/C18H36O4/c1-2-3-4-5-6-7-8-9-10-11-13-21-15-17(20)18-16(19)12-14-22-18/h16-20H,2-15H2,1H3/t16-,17?,18+/m1/s1. The molecule has 0 aromatic heterocycles. The van der Waals surface area contributed by atoms with E-state index in [1.807, 2.05) is 0 Å². The summed E-state index contributed by atoms with van der Waals surface area (Å²) in [6.45, 7) is 3.74. The molecule has 22 heavy (non-hydrogen) atoms. The molecule has 1 aliphatic heterocycles. The van der Waals surface area contributed by atoms with Crippen LogP contribution in [-0.4, -0.2) is 48.3 Å². The predicted octanol–water partition coefficient (Wildman–Crippen LogP) is 3.43. The topological polar surface area (TPSA) is 58.9 Å². The van der Waals surface area contributed by atoms with Crippen LogP contribution in [0.25, 0.3) is 0 Å². The minimum atomic E-state index is -0.708. The highest BCUT2D eigenvalue weighted by Gasteiger charge is 2.32. The van der Waals surface area contributed by atoms with Crippen LogP contribution in [0.3, 0.4) is 0 Å². The molecule has 0 bridgehead atoms. The maximum Gasteiger partial charge on any atom is 0.112 e. The molecule has 0 aromatic rings. The van der Waals surface area contributed by atoms with E-state index in [0.717, 1.165) is 6.42 Å². The van der Waals surface area contributed by atoms with Crippen molar-refractivity contribution >= 4 is 0 Å². The van der Waals surface area contributed by atoms with Gasteiger partial charge < -0.3 is 19.7 Å². The van der Waals surface area contributed by atoms with Crippen molar-refractivity contribution in [3.05, 3.63) is 0 Å². The molecule has 0 radical (unpaired) electrons. The second kappa shape index (κ2) is 13.3. The Bertz CT molecular complexity index is 247. The molecule has 1 unspecified atom stereocenters. The molecule has 1 heterocycles. The van der Waals surface area contributed by atoms with Gasteiger partial charge in [0.25, 0.3) is 0 Å². The Morgan fingerprint density at radius 1 is 1.00 bits per heavy atom. The van der Waals surface area contributed by atoms with Crippen LogP contribution < -0.4 is 0 Å². The van der Waals surface area contributed by atoms with E-state index in [-0.39, 0.29) is 6.61 Å².